The fraction of sp³-hybridized carbons (Fsp3) is 0.933. The summed E-state index contributed by atoms with van der Waals surface area (Å²) in [6, 6.07) is 0. The van der Waals surface area contributed by atoms with Crippen molar-refractivity contribution in [1.29, 1.82) is 0 Å². The first-order valence-electron chi connectivity index (χ1n) is 7.61. The second-order valence-corrected chi connectivity index (χ2v) is 7.10. The maximum absolute atomic E-state index is 12.6. The van der Waals surface area contributed by atoms with Crippen molar-refractivity contribution in [3.8, 4) is 0 Å². The summed E-state index contributed by atoms with van der Waals surface area (Å²) in [6.07, 6.45) is 7.54. The van der Waals surface area contributed by atoms with Gasteiger partial charge in [-0.3, -0.25) is 10.1 Å². The summed E-state index contributed by atoms with van der Waals surface area (Å²) in [6.45, 7) is 7.70. The Kier molecular flexibility index (Phi) is 2.74. The number of nitrogens with one attached hydrogen (secondary N) is 1. The molecule has 102 valence electrons. The highest BCUT2D eigenvalue weighted by Gasteiger charge is 2.61. The minimum absolute atomic E-state index is 0.142. The fourth-order valence-electron chi connectivity index (χ4n) is 3.56. The van der Waals surface area contributed by atoms with Crippen LogP contribution in [0.1, 0.15) is 59.3 Å². The molecule has 1 heterocycles. The zero-order valence-electron chi connectivity index (χ0n) is 12.0. The van der Waals surface area contributed by atoms with Gasteiger partial charge in [-0.15, -0.1) is 0 Å². The molecule has 2 aliphatic carbocycles. The van der Waals surface area contributed by atoms with Gasteiger partial charge in [-0.05, 0) is 43.4 Å². The molecule has 0 radical (unpaired) electrons. The molecule has 1 N–H and O–H groups in total. The molecular weight excluding hydrogens is 224 g/mol. The van der Waals surface area contributed by atoms with Crippen molar-refractivity contribution in [2.75, 3.05) is 6.54 Å². The third-order valence-electron chi connectivity index (χ3n) is 5.05. The van der Waals surface area contributed by atoms with Crippen molar-refractivity contribution >= 4 is 5.91 Å². The molecule has 1 atom stereocenters. The molecule has 0 bridgehead atoms. The predicted molar refractivity (Wildman–Crippen MR) is 72.0 cm³/mol. The van der Waals surface area contributed by atoms with Gasteiger partial charge in [0.25, 0.3) is 0 Å². The molecule has 0 aromatic carbocycles. The minimum atomic E-state index is -0.142. The first kappa shape index (κ1) is 12.5. The van der Waals surface area contributed by atoms with E-state index in [-0.39, 0.29) is 11.7 Å². The summed E-state index contributed by atoms with van der Waals surface area (Å²) in [5.74, 6) is 0.898. The average Bonchev–Trinajstić information content (AvgIpc) is 3.19. The zero-order chi connectivity index (χ0) is 13.0. The van der Waals surface area contributed by atoms with Gasteiger partial charge in [0.15, 0.2) is 0 Å². The Morgan fingerprint density at radius 1 is 1.33 bits per heavy atom. The third-order valence-corrected chi connectivity index (χ3v) is 5.05. The van der Waals surface area contributed by atoms with E-state index in [1.165, 1.54) is 25.7 Å². The van der Waals surface area contributed by atoms with Crippen LogP contribution < -0.4 is 5.32 Å². The second kappa shape index (κ2) is 3.96. The van der Waals surface area contributed by atoms with E-state index >= 15 is 0 Å². The van der Waals surface area contributed by atoms with Gasteiger partial charge < -0.3 is 4.90 Å². The lowest BCUT2D eigenvalue weighted by Crippen LogP contribution is -2.44. The number of amides is 1. The van der Waals surface area contributed by atoms with Crippen molar-refractivity contribution in [3.63, 3.8) is 0 Å². The van der Waals surface area contributed by atoms with Gasteiger partial charge in [0, 0.05) is 6.54 Å². The normalized spacial score (nSPS) is 31.4. The van der Waals surface area contributed by atoms with Gasteiger partial charge in [0.1, 0.15) is 0 Å². The molecule has 3 nitrogen and oxygen atoms in total. The summed E-state index contributed by atoms with van der Waals surface area (Å²) < 4.78 is 0. The van der Waals surface area contributed by atoms with E-state index in [1.807, 2.05) is 0 Å². The molecule has 1 spiro atoms. The lowest BCUT2D eigenvalue weighted by molar-refractivity contribution is -0.132. The Labute approximate surface area is 110 Å². The molecule has 0 aromatic rings. The molecule has 3 rings (SSSR count). The van der Waals surface area contributed by atoms with Gasteiger partial charge in [0.2, 0.25) is 5.91 Å². The lowest BCUT2D eigenvalue weighted by Gasteiger charge is -2.31. The molecular formula is C15H26N2O. The van der Waals surface area contributed by atoms with E-state index in [4.69, 9.17) is 0 Å². The van der Waals surface area contributed by atoms with Gasteiger partial charge >= 0.3 is 0 Å². The van der Waals surface area contributed by atoms with Crippen LogP contribution in [0.3, 0.4) is 0 Å². The highest BCUT2D eigenvalue weighted by molar-refractivity contribution is 5.91. The van der Waals surface area contributed by atoms with Crippen LogP contribution in [0, 0.1) is 11.3 Å². The van der Waals surface area contributed by atoms with Crippen LogP contribution in [0.4, 0.5) is 0 Å². The summed E-state index contributed by atoms with van der Waals surface area (Å²) >= 11 is 0. The van der Waals surface area contributed by atoms with Crippen molar-refractivity contribution in [3.05, 3.63) is 0 Å². The summed E-state index contributed by atoms with van der Waals surface area (Å²) in [5, 5.41) is 3.61. The monoisotopic (exact) mass is 250 g/mol. The van der Waals surface area contributed by atoms with Crippen LogP contribution in [0.5, 0.6) is 0 Å². The molecule has 18 heavy (non-hydrogen) atoms. The Hall–Kier alpha value is -0.570. The average molecular weight is 250 g/mol. The van der Waals surface area contributed by atoms with Gasteiger partial charge in [0.05, 0.1) is 11.7 Å². The van der Waals surface area contributed by atoms with Crippen molar-refractivity contribution < 1.29 is 4.79 Å². The summed E-state index contributed by atoms with van der Waals surface area (Å²) in [7, 11) is 0. The minimum Gasteiger partial charge on any atom is -0.325 e. The standard InChI is InChI=1S/C15H26N2O/c1-4-5-14(6-7-14)10-17-12(11(2)3)16-15(8-9-15)13(17)18/h11-12,16H,4-10H2,1-3H3. The summed E-state index contributed by atoms with van der Waals surface area (Å²) in [5.41, 5.74) is 0.330. The Morgan fingerprint density at radius 3 is 2.44 bits per heavy atom. The molecule has 1 saturated heterocycles. The number of carbonyl (C=O) groups excluding carboxylic acids is 1. The quantitative estimate of drug-likeness (QED) is 0.813. The third kappa shape index (κ3) is 1.87. The maximum Gasteiger partial charge on any atom is 0.244 e. The zero-order valence-corrected chi connectivity index (χ0v) is 12.0. The topological polar surface area (TPSA) is 32.3 Å². The number of nitrogens with zero attached hydrogens (tertiary/aromatic N) is 1. The first-order chi connectivity index (χ1) is 8.52. The molecule has 3 aliphatic rings. The van der Waals surface area contributed by atoms with Crippen molar-refractivity contribution in [2.24, 2.45) is 11.3 Å². The molecule has 0 aromatic heterocycles. The van der Waals surface area contributed by atoms with Gasteiger partial charge in [-0.2, -0.15) is 0 Å². The molecule has 3 fully saturated rings. The Balaban J connectivity index is 1.74. The SMILES string of the molecule is CCCC1(CN2C(=O)C3(CC3)NC2C(C)C)CC1. The smallest absolute Gasteiger partial charge is 0.244 e. The largest absolute Gasteiger partial charge is 0.325 e. The predicted octanol–water partition coefficient (Wildman–Crippen LogP) is 2.51. The van der Waals surface area contributed by atoms with E-state index in [2.05, 4.69) is 31.0 Å². The summed E-state index contributed by atoms with van der Waals surface area (Å²) in [4.78, 5) is 14.8. The highest BCUT2D eigenvalue weighted by Crippen LogP contribution is 2.52. The molecule has 1 unspecified atom stereocenters. The lowest BCUT2D eigenvalue weighted by atomic mass is 9.99. The highest BCUT2D eigenvalue weighted by atomic mass is 16.2. The van der Waals surface area contributed by atoms with E-state index in [0.29, 0.717) is 17.2 Å². The van der Waals surface area contributed by atoms with E-state index in [9.17, 15) is 4.79 Å². The first-order valence-corrected chi connectivity index (χ1v) is 7.61. The molecule has 1 amide bonds. The molecule has 2 saturated carbocycles. The maximum atomic E-state index is 12.6. The van der Waals surface area contributed by atoms with Gasteiger partial charge in [-0.1, -0.05) is 27.2 Å². The number of rotatable bonds is 5. The number of carbonyl (C=O) groups is 1. The Morgan fingerprint density at radius 2 is 2.00 bits per heavy atom. The van der Waals surface area contributed by atoms with Crippen LogP contribution in [-0.4, -0.2) is 29.1 Å². The van der Waals surface area contributed by atoms with Crippen molar-refractivity contribution in [2.45, 2.75) is 71.0 Å². The van der Waals surface area contributed by atoms with Crippen LogP contribution in [-0.2, 0) is 4.79 Å². The van der Waals surface area contributed by atoms with Gasteiger partial charge in [-0.25, -0.2) is 0 Å². The van der Waals surface area contributed by atoms with Crippen LogP contribution in [0.25, 0.3) is 0 Å². The van der Waals surface area contributed by atoms with Crippen molar-refractivity contribution in [1.82, 2.24) is 10.2 Å². The van der Waals surface area contributed by atoms with Crippen LogP contribution >= 0.6 is 0 Å². The second-order valence-electron chi connectivity index (χ2n) is 7.10. The van der Waals surface area contributed by atoms with E-state index < -0.39 is 0 Å². The molecule has 3 heteroatoms. The Bertz CT molecular complexity index is 356. The molecule has 1 aliphatic heterocycles. The van der Waals surface area contributed by atoms with E-state index in [1.54, 1.807) is 0 Å². The van der Waals surface area contributed by atoms with E-state index in [0.717, 1.165) is 19.4 Å². The van der Waals surface area contributed by atoms with Crippen LogP contribution in [0.2, 0.25) is 0 Å². The number of hydrogen-bond acceptors (Lipinski definition) is 2. The van der Waals surface area contributed by atoms with Crippen LogP contribution in [0.15, 0.2) is 0 Å². The fourth-order valence-corrected chi connectivity index (χ4v) is 3.56. The number of hydrogen-bond donors (Lipinski definition) is 1.